The summed E-state index contributed by atoms with van der Waals surface area (Å²) in [5, 5.41) is 0. The Labute approximate surface area is 76.8 Å². The molecule has 0 N–H and O–H groups in total. The minimum absolute atomic E-state index is 0.925. The number of allylic oxidation sites excluding steroid dienone is 2. The van der Waals surface area contributed by atoms with Crippen LogP contribution < -0.4 is 0 Å². The van der Waals surface area contributed by atoms with Crippen LogP contribution in [0.25, 0.3) is 0 Å². The quantitative estimate of drug-likeness (QED) is 0.400. The molecule has 0 rings (SSSR count). The molecule has 0 aromatic rings. The molecule has 0 aliphatic rings. The van der Waals surface area contributed by atoms with Gasteiger partial charge in [-0.2, -0.15) is 0 Å². The van der Waals surface area contributed by atoms with Crippen molar-refractivity contribution >= 4 is 0 Å². The summed E-state index contributed by atoms with van der Waals surface area (Å²) in [4.78, 5) is 0. The lowest BCUT2D eigenvalue weighted by Gasteiger charge is -2.00. The Hall–Kier alpha value is -0.300. The third kappa shape index (κ3) is 9.70. The largest absolute Gasteiger partial charge is 0.381 e. The van der Waals surface area contributed by atoms with E-state index in [4.69, 9.17) is 4.74 Å². The van der Waals surface area contributed by atoms with E-state index in [0.717, 1.165) is 19.6 Å². The molecule has 0 heterocycles. The average Bonchev–Trinajstić information content (AvgIpc) is 2.10. The average molecular weight is 170 g/mol. The molecular weight excluding hydrogens is 148 g/mol. The van der Waals surface area contributed by atoms with E-state index in [1.54, 1.807) is 0 Å². The zero-order valence-corrected chi connectivity index (χ0v) is 8.51. The van der Waals surface area contributed by atoms with Gasteiger partial charge in [-0.1, -0.05) is 25.5 Å². The van der Waals surface area contributed by atoms with Gasteiger partial charge in [0.2, 0.25) is 0 Å². The van der Waals surface area contributed by atoms with Crippen molar-refractivity contribution in [1.82, 2.24) is 0 Å². The fourth-order valence-corrected chi connectivity index (χ4v) is 1.06. The highest BCUT2D eigenvalue weighted by Gasteiger charge is 1.87. The third-order valence-corrected chi connectivity index (χ3v) is 1.74. The standard InChI is InChI=1S/C11H22O/c1-3-5-6-7-8-9-11-12-10-4-2/h3,5H,4,6-11H2,1-2H3. The van der Waals surface area contributed by atoms with E-state index in [9.17, 15) is 0 Å². The summed E-state index contributed by atoms with van der Waals surface area (Å²) in [6.45, 7) is 6.09. The summed E-state index contributed by atoms with van der Waals surface area (Å²) in [6, 6.07) is 0. The van der Waals surface area contributed by atoms with Gasteiger partial charge in [-0.05, 0) is 32.6 Å². The van der Waals surface area contributed by atoms with Crippen molar-refractivity contribution in [3.05, 3.63) is 12.2 Å². The van der Waals surface area contributed by atoms with Gasteiger partial charge >= 0.3 is 0 Å². The Kier molecular flexibility index (Phi) is 10.4. The molecule has 1 nitrogen and oxygen atoms in total. The van der Waals surface area contributed by atoms with E-state index in [-0.39, 0.29) is 0 Å². The molecule has 0 aromatic carbocycles. The summed E-state index contributed by atoms with van der Waals surface area (Å²) < 4.78 is 5.37. The zero-order valence-electron chi connectivity index (χ0n) is 8.51. The molecule has 0 bridgehead atoms. The smallest absolute Gasteiger partial charge is 0.0466 e. The lowest BCUT2D eigenvalue weighted by atomic mass is 10.2. The van der Waals surface area contributed by atoms with Crippen LogP contribution in [-0.2, 0) is 4.74 Å². The van der Waals surface area contributed by atoms with Crippen LogP contribution >= 0.6 is 0 Å². The maximum absolute atomic E-state index is 5.37. The molecule has 0 spiro atoms. The van der Waals surface area contributed by atoms with Crippen LogP contribution in [0.15, 0.2) is 12.2 Å². The molecule has 72 valence electrons. The summed E-state index contributed by atoms with van der Waals surface area (Å²) >= 11 is 0. The SMILES string of the molecule is CC=CCCCCCOCCC. The summed E-state index contributed by atoms with van der Waals surface area (Å²) in [6.07, 6.45) is 10.5. The Morgan fingerprint density at radius 1 is 1.08 bits per heavy atom. The highest BCUT2D eigenvalue weighted by atomic mass is 16.5. The summed E-state index contributed by atoms with van der Waals surface area (Å²) in [7, 11) is 0. The van der Waals surface area contributed by atoms with Crippen LogP contribution in [-0.4, -0.2) is 13.2 Å². The normalized spacial score (nSPS) is 11.2. The van der Waals surface area contributed by atoms with Crippen LogP contribution in [0.1, 0.15) is 46.0 Å². The van der Waals surface area contributed by atoms with Crippen molar-refractivity contribution in [2.75, 3.05) is 13.2 Å². The van der Waals surface area contributed by atoms with Crippen molar-refractivity contribution in [2.45, 2.75) is 46.0 Å². The van der Waals surface area contributed by atoms with Crippen molar-refractivity contribution in [2.24, 2.45) is 0 Å². The minimum atomic E-state index is 0.925. The summed E-state index contributed by atoms with van der Waals surface area (Å²) in [5.41, 5.74) is 0. The van der Waals surface area contributed by atoms with Gasteiger partial charge in [0, 0.05) is 13.2 Å². The Morgan fingerprint density at radius 3 is 2.58 bits per heavy atom. The van der Waals surface area contributed by atoms with Gasteiger partial charge in [-0.25, -0.2) is 0 Å². The molecule has 0 radical (unpaired) electrons. The maximum atomic E-state index is 5.37. The van der Waals surface area contributed by atoms with Crippen LogP contribution in [0.4, 0.5) is 0 Å². The van der Waals surface area contributed by atoms with E-state index in [0.29, 0.717) is 0 Å². The first-order chi connectivity index (χ1) is 5.91. The van der Waals surface area contributed by atoms with Crippen molar-refractivity contribution in [1.29, 1.82) is 0 Å². The molecule has 0 aliphatic carbocycles. The number of hydrogen-bond donors (Lipinski definition) is 0. The monoisotopic (exact) mass is 170 g/mol. The first-order valence-corrected chi connectivity index (χ1v) is 5.10. The summed E-state index contributed by atoms with van der Waals surface area (Å²) in [5.74, 6) is 0. The van der Waals surface area contributed by atoms with E-state index < -0.39 is 0 Å². The maximum Gasteiger partial charge on any atom is 0.0466 e. The molecule has 0 atom stereocenters. The van der Waals surface area contributed by atoms with E-state index >= 15 is 0 Å². The van der Waals surface area contributed by atoms with Gasteiger partial charge in [0.05, 0.1) is 0 Å². The molecular formula is C11H22O. The third-order valence-electron chi connectivity index (χ3n) is 1.74. The first kappa shape index (κ1) is 11.7. The lowest BCUT2D eigenvalue weighted by molar-refractivity contribution is 0.130. The Balaban J connectivity index is 2.81. The second-order valence-corrected chi connectivity index (χ2v) is 3.03. The Morgan fingerprint density at radius 2 is 1.92 bits per heavy atom. The molecule has 0 saturated heterocycles. The molecule has 0 unspecified atom stereocenters. The van der Waals surface area contributed by atoms with Gasteiger partial charge < -0.3 is 4.74 Å². The van der Waals surface area contributed by atoms with Crippen molar-refractivity contribution in [3.8, 4) is 0 Å². The predicted molar refractivity (Wildman–Crippen MR) is 54.4 cm³/mol. The second-order valence-electron chi connectivity index (χ2n) is 3.03. The van der Waals surface area contributed by atoms with Gasteiger partial charge in [0.1, 0.15) is 0 Å². The number of rotatable bonds is 8. The highest BCUT2D eigenvalue weighted by molar-refractivity contribution is 4.76. The van der Waals surface area contributed by atoms with Crippen LogP contribution in [0.3, 0.4) is 0 Å². The van der Waals surface area contributed by atoms with Gasteiger partial charge in [-0.3, -0.25) is 0 Å². The number of unbranched alkanes of at least 4 members (excludes halogenated alkanes) is 3. The van der Waals surface area contributed by atoms with Gasteiger partial charge in [-0.15, -0.1) is 0 Å². The molecule has 0 amide bonds. The van der Waals surface area contributed by atoms with Gasteiger partial charge in [0.25, 0.3) is 0 Å². The molecule has 12 heavy (non-hydrogen) atoms. The first-order valence-electron chi connectivity index (χ1n) is 5.10. The van der Waals surface area contributed by atoms with Crippen LogP contribution in [0.5, 0.6) is 0 Å². The zero-order chi connectivity index (χ0) is 9.07. The number of ether oxygens (including phenoxy) is 1. The molecule has 0 fully saturated rings. The molecule has 0 saturated carbocycles. The van der Waals surface area contributed by atoms with E-state index in [1.165, 1.54) is 25.7 Å². The highest BCUT2D eigenvalue weighted by Crippen LogP contribution is 2.00. The fourth-order valence-electron chi connectivity index (χ4n) is 1.06. The van der Waals surface area contributed by atoms with E-state index in [2.05, 4.69) is 26.0 Å². The second kappa shape index (κ2) is 10.7. The van der Waals surface area contributed by atoms with Crippen LogP contribution in [0, 0.1) is 0 Å². The van der Waals surface area contributed by atoms with Gasteiger partial charge in [0.15, 0.2) is 0 Å². The Bertz CT molecular complexity index is 97.2. The van der Waals surface area contributed by atoms with Crippen molar-refractivity contribution in [3.63, 3.8) is 0 Å². The topological polar surface area (TPSA) is 9.23 Å². The molecule has 1 heteroatoms. The minimum Gasteiger partial charge on any atom is -0.381 e. The molecule has 0 aliphatic heterocycles. The lowest BCUT2D eigenvalue weighted by Crippen LogP contribution is -1.95. The van der Waals surface area contributed by atoms with Crippen LogP contribution in [0.2, 0.25) is 0 Å². The van der Waals surface area contributed by atoms with Crippen molar-refractivity contribution < 1.29 is 4.74 Å². The molecule has 0 aromatic heterocycles. The number of hydrogen-bond acceptors (Lipinski definition) is 1. The predicted octanol–water partition coefficient (Wildman–Crippen LogP) is 3.55. The fraction of sp³-hybridized carbons (Fsp3) is 0.818. The van der Waals surface area contributed by atoms with E-state index in [1.807, 2.05) is 0 Å².